The predicted octanol–water partition coefficient (Wildman–Crippen LogP) is 3.25. The SMILES string of the molecule is COc1cccc(OC)c1/C=C1/SC(=S)N(NC(=O)c2ccccc2)C1=O. The molecule has 1 fully saturated rings. The van der Waals surface area contributed by atoms with Crippen molar-refractivity contribution in [2.24, 2.45) is 0 Å². The molecule has 3 rings (SSSR count). The lowest BCUT2D eigenvalue weighted by atomic mass is 10.1. The number of amides is 2. The second kappa shape index (κ2) is 8.24. The number of hydrazine groups is 1. The number of thioether (sulfide) groups is 1. The van der Waals surface area contributed by atoms with Gasteiger partial charge in [0.05, 0.1) is 24.7 Å². The van der Waals surface area contributed by atoms with Crippen LogP contribution in [-0.4, -0.2) is 35.4 Å². The molecule has 8 heteroatoms. The normalized spacial score (nSPS) is 15.2. The minimum absolute atomic E-state index is 0.240. The molecule has 0 radical (unpaired) electrons. The molecule has 138 valence electrons. The molecule has 2 amide bonds. The summed E-state index contributed by atoms with van der Waals surface area (Å²) in [6.07, 6.45) is 1.64. The van der Waals surface area contributed by atoms with Crippen LogP contribution in [0.3, 0.4) is 0 Å². The summed E-state index contributed by atoms with van der Waals surface area (Å²) >= 11 is 6.35. The van der Waals surface area contributed by atoms with Crippen LogP contribution in [0, 0.1) is 0 Å². The molecule has 0 atom stereocenters. The summed E-state index contributed by atoms with van der Waals surface area (Å²) in [6, 6.07) is 13.9. The summed E-state index contributed by atoms with van der Waals surface area (Å²) in [5.41, 5.74) is 3.60. The fourth-order valence-electron chi connectivity index (χ4n) is 2.47. The molecule has 0 unspecified atom stereocenters. The van der Waals surface area contributed by atoms with E-state index in [0.29, 0.717) is 27.5 Å². The van der Waals surface area contributed by atoms with Crippen molar-refractivity contribution in [1.82, 2.24) is 10.4 Å². The van der Waals surface area contributed by atoms with E-state index < -0.39 is 11.8 Å². The molecule has 27 heavy (non-hydrogen) atoms. The van der Waals surface area contributed by atoms with Gasteiger partial charge in [0.25, 0.3) is 11.8 Å². The molecule has 2 aromatic rings. The van der Waals surface area contributed by atoms with Gasteiger partial charge in [-0.15, -0.1) is 0 Å². The topological polar surface area (TPSA) is 67.9 Å². The van der Waals surface area contributed by atoms with E-state index in [2.05, 4.69) is 5.43 Å². The van der Waals surface area contributed by atoms with Crippen LogP contribution in [-0.2, 0) is 4.79 Å². The van der Waals surface area contributed by atoms with Gasteiger partial charge in [0.1, 0.15) is 11.5 Å². The Morgan fingerprint density at radius 2 is 1.70 bits per heavy atom. The van der Waals surface area contributed by atoms with Crippen molar-refractivity contribution in [3.05, 3.63) is 64.6 Å². The summed E-state index contributed by atoms with van der Waals surface area (Å²) in [4.78, 5) is 25.4. The Morgan fingerprint density at radius 3 is 2.30 bits per heavy atom. The maximum absolute atomic E-state index is 12.7. The second-order valence-corrected chi connectivity index (χ2v) is 7.08. The van der Waals surface area contributed by atoms with Gasteiger partial charge < -0.3 is 9.47 Å². The number of methoxy groups -OCH3 is 2. The van der Waals surface area contributed by atoms with Crippen LogP contribution in [0.25, 0.3) is 6.08 Å². The van der Waals surface area contributed by atoms with Crippen LogP contribution in [0.5, 0.6) is 11.5 Å². The molecule has 0 bridgehead atoms. The lowest BCUT2D eigenvalue weighted by Crippen LogP contribution is -2.44. The quantitative estimate of drug-likeness (QED) is 0.614. The monoisotopic (exact) mass is 400 g/mol. The van der Waals surface area contributed by atoms with E-state index in [1.807, 2.05) is 0 Å². The van der Waals surface area contributed by atoms with Gasteiger partial charge >= 0.3 is 0 Å². The Morgan fingerprint density at radius 1 is 1.07 bits per heavy atom. The summed E-state index contributed by atoms with van der Waals surface area (Å²) in [6.45, 7) is 0. The van der Waals surface area contributed by atoms with Crippen LogP contribution in [0.4, 0.5) is 0 Å². The van der Waals surface area contributed by atoms with E-state index in [-0.39, 0.29) is 4.32 Å². The van der Waals surface area contributed by atoms with Crippen LogP contribution >= 0.6 is 24.0 Å². The molecule has 6 nitrogen and oxygen atoms in total. The van der Waals surface area contributed by atoms with Crippen molar-refractivity contribution in [3.8, 4) is 11.5 Å². The molecule has 1 N–H and O–H groups in total. The number of nitrogens with zero attached hydrogens (tertiary/aromatic N) is 1. The molecule has 1 aliphatic rings. The highest BCUT2D eigenvalue weighted by Crippen LogP contribution is 2.36. The Balaban J connectivity index is 1.86. The molecule has 0 aliphatic carbocycles. The van der Waals surface area contributed by atoms with Gasteiger partial charge in [-0.3, -0.25) is 15.0 Å². The standard InChI is InChI=1S/C19H16N2O4S2/c1-24-14-9-6-10-15(25-2)13(14)11-16-18(23)21(19(26)27-16)20-17(22)12-7-4-3-5-8-12/h3-11H,1-2H3,(H,20,22)/b16-11+. The van der Waals surface area contributed by atoms with E-state index in [9.17, 15) is 9.59 Å². The molecule has 0 aromatic heterocycles. The van der Waals surface area contributed by atoms with Gasteiger partial charge in [-0.25, -0.2) is 0 Å². The summed E-state index contributed by atoms with van der Waals surface area (Å²) in [5, 5.41) is 1.07. The fraction of sp³-hybridized carbons (Fsp3) is 0.105. The molecule has 0 saturated carbocycles. The molecular formula is C19H16N2O4S2. The second-order valence-electron chi connectivity index (χ2n) is 5.40. The van der Waals surface area contributed by atoms with Crippen LogP contribution in [0.2, 0.25) is 0 Å². The Hall–Kier alpha value is -2.84. The minimum atomic E-state index is -0.415. The van der Waals surface area contributed by atoms with Gasteiger partial charge in [0.15, 0.2) is 4.32 Å². The van der Waals surface area contributed by atoms with E-state index in [0.717, 1.165) is 16.8 Å². The highest BCUT2D eigenvalue weighted by molar-refractivity contribution is 8.26. The van der Waals surface area contributed by atoms with Crippen LogP contribution in [0.15, 0.2) is 53.4 Å². The van der Waals surface area contributed by atoms with Crippen LogP contribution in [0.1, 0.15) is 15.9 Å². The lowest BCUT2D eigenvalue weighted by Gasteiger charge is -2.15. The summed E-state index contributed by atoms with van der Waals surface area (Å²) in [5.74, 6) is 0.297. The number of thiocarbonyl (C=S) groups is 1. The number of nitrogens with one attached hydrogen (secondary N) is 1. The maximum atomic E-state index is 12.7. The zero-order chi connectivity index (χ0) is 19.4. The first kappa shape index (κ1) is 18.9. The van der Waals surface area contributed by atoms with E-state index in [1.54, 1.807) is 54.6 Å². The number of carbonyl (C=O) groups is 2. The van der Waals surface area contributed by atoms with Gasteiger partial charge in [0, 0.05) is 5.56 Å². The molecule has 1 aliphatic heterocycles. The highest BCUT2D eigenvalue weighted by atomic mass is 32.2. The molecule has 1 saturated heterocycles. The van der Waals surface area contributed by atoms with Gasteiger partial charge in [-0.1, -0.05) is 36.0 Å². The van der Waals surface area contributed by atoms with Crippen molar-refractivity contribution < 1.29 is 19.1 Å². The number of rotatable bonds is 5. The third kappa shape index (κ3) is 3.96. The van der Waals surface area contributed by atoms with Gasteiger partial charge in [-0.05, 0) is 42.6 Å². The minimum Gasteiger partial charge on any atom is -0.496 e. The summed E-state index contributed by atoms with van der Waals surface area (Å²) in [7, 11) is 3.08. The first-order valence-electron chi connectivity index (χ1n) is 7.90. The largest absolute Gasteiger partial charge is 0.496 e. The Labute approximate surface area is 166 Å². The zero-order valence-electron chi connectivity index (χ0n) is 14.6. The van der Waals surface area contributed by atoms with E-state index in [1.165, 1.54) is 14.2 Å². The zero-order valence-corrected chi connectivity index (χ0v) is 16.2. The summed E-state index contributed by atoms with van der Waals surface area (Å²) < 4.78 is 10.9. The van der Waals surface area contributed by atoms with Crippen molar-refractivity contribution in [2.45, 2.75) is 0 Å². The maximum Gasteiger partial charge on any atom is 0.285 e. The number of benzene rings is 2. The van der Waals surface area contributed by atoms with Crippen molar-refractivity contribution >= 4 is 46.2 Å². The van der Waals surface area contributed by atoms with E-state index >= 15 is 0 Å². The number of carbonyl (C=O) groups excluding carboxylic acids is 2. The molecule has 0 spiro atoms. The first-order chi connectivity index (χ1) is 13.0. The predicted molar refractivity (Wildman–Crippen MR) is 108 cm³/mol. The highest BCUT2D eigenvalue weighted by Gasteiger charge is 2.34. The lowest BCUT2D eigenvalue weighted by molar-refractivity contribution is -0.123. The molecule has 2 aromatic carbocycles. The average Bonchev–Trinajstić information content (AvgIpc) is 2.96. The third-order valence-corrected chi connectivity index (χ3v) is 5.09. The average molecular weight is 400 g/mol. The van der Waals surface area contributed by atoms with Crippen molar-refractivity contribution in [1.29, 1.82) is 0 Å². The van der Waals surface area contributed by atoms with Crippen molar-refractivity contribution in [3.63, 3.8) is 0 Å². The number of ether oxygens (including phenoxy) is 2. The Kier molecular flexibility index (Phi) is 5.78. The van der Waals surface area contributed by atoms with Gasteiger partial charge in [-0.2, -0.15) is 5.01 Å². The molecular weight excluding hydrogens is 384 g/mol. The molecule has 1 heterocycles. The Bertz CT molecular complexity index is 906. The van der Waals surface area contributed by atoms with Crippen molar-refractivity contribution in [2.75, 3.05) is 14.2 Å². The third-order valence-electron chi connectivity index (χ3n) is 3.78. The van der Waals surface area contributed by atoms with Crippen LogP contribution < -0.4 is 14.9 Å². The first-order valence-corrected chi connectivity index (χ1v) is 9.12. The van der Waals surface area contributed by atoms with E-state index in [4.69, 9.17) is 21.7 Å². The smallest absolute Gasteiger partial charge is 0.285 e. The number of hydrogen-bond donors (Lipinski definition) is 1. The number of hydrogen-bond acceptors (Lipinski definition) is 6. The fourth-order valence-corrected chi connectivity index (χ4v) is 3.63. The van der Waals surface area contributed by atoms with Gasteiger partial charge in [0.2, 0.25) is 0 Å².